The van der Waals surface area contributed by atoms with Crippen LogP contribution in [0.25, 0.3) is 22.6 Å². The number of para-hydroxylation sites is 1. The summed E-state index contributed by atoms with van der Waals surface area (Å²) in [4.78, 5) is 15.2. The van der Waals surface area contributed by atoms with Crippen molar-refractivity contribution in [3.8, 4) is 0 Å². The molecule has 0 atom stereocenters. The molecule has 0 spiro atoms. The smallest absolute Gasteiger partial charge is 0.256 e. The normalized spacial score (nSPS) is 15.4. The zero-order chi connectivity index (χ0) is 15.3. The maximum atomic E-state index is 13.7. The molecule has 0 unspecified atom stereocenters. The zero-order valence-electron chi connectivity index (χ0n) is 11.3. The minimum Gasteiger partial charge on any atom is -0.361 e. The van der Waals surface area contributed by atoms with Crippen LogP contribution in [0.1, 0.15) is 11.1 Å². The maximum absolute atomic E-state index is 13.7. The fraction of sp³-hybridized carbons (Fsp3) is 0. The molecular formula is C17H10F2N2O. The summed E-state index contributed by atoms with van der Waals surface area (Å²) >= 11 is 0. The monoisotopic (exact) mass is 296 g/mol. The highest BCUT2D eigenvalue weighted by molar-refractivity contribution is 6.35. The number of carbonyl (C=O) groups excluding carboxylic acids is 1. The van der Waals surface area contributed by atoms with E-state index < -0.39 is 17.5 Å². The van der Waals surface area contributed by atoms with Gasteiger partial charge in [-0.2, -0.15) is 0 Å². The summed E-state index contributed by atoms with van der Waals surface area (Å²) in [5, 5.41) is 3.38. The first-order chi connectivity index (χ1) is 10.6. The van der Waals surface area contributed by atoms with Gasteiger partial charge in [-0.1, -0.05) is 18.2 Å². The van der Waals surface area contributed by atoms with Crippen molar-refractivity contribution in [1.29, 1.82) is 0 Å². The van der Waals surface area contributed by atoms with Crippen molar-refractivity contribution in [1.82, 2.24) is 4.98 Å². The van der Waals surface area contributed by atoms with Crippen molar-refractivity contribution in [3.05, 3.63) is 65.4 Å². The predicted octanol–water partition coefficient (Wildman–Crippen LogP) is 3.94. The van der Waals surface area contributed by atoms with Crippen LogP contribution in [-0.2, 0) is 4.79 Å². The lowest BCUT2D eigenvalue weighted by molar-refractivity contribution is -0.110. The second-order valence-electron chi connectivity index (χ2n) is 5.11. The highest BCUT2D eigenvalue weighted by Gasteiger charge is 2.28. The van der Waals surface area contributed by atoms with Crippen LogP contribution in [0.5, 0.6) is 0 Å². The number of aromatic amines is 1. The third kappa shape index (κ3) is 1.83. The number of aromatic nitrogens is 1. The average Bonchev–Trinajstić information content (AvgIpc) is 3.03. The van der Waals surface area contributed by atoms with Crippen molar-refractivity contribution < 1.29 is 13.6 Å². The van der Waals surface area contributed by atoms with Gasteiger partial charge in [0.25, 0.3) is 5.91 Å². The molecule has 0 radical (unpaired) electrons. The van der Waals surface area contributed by atoms with Crippen molar-refractivity contribution in [2.45, 2.75) is 0 Å². The number of anilines is 1. The Morgan fingerprint density at radius 2 is 1.91 bits per heavy atom. The maximum Gasteiger partial charge on any atom is 0.256 e. The molecule has 0 saturated heterocycles. The number of hydrogen-bond acceptors (Lipinski definition) is 1. The number of fused-ring (bicyclic) bond motifs is 2. The summed E-state index contributed by atoms with van der Waals surface area (Å²) in [6.07, 6.45) is 3.40. The van der Waals surface area contributed by atoms with E-state index >= 15 is 0 Å². The van der Waals surface area contributed by atoms with Crippen LogP contribution in [0.2, 0.25) is 0 Å². The van der Waals surface area contributed by atoms with Gasteiger partial charge in [0, 0.05) is 39.9 Å². The number of nitrogens with one attached hydrogen (secondary N) is 2. The van der Waals surface area contributed by atoms with Crippen molar-refractivity contribution >= 4 is 34.1 Å². The molecule has 1 amide bonds. The standard InChI is InChI=1S/C17H10F2N2O/c18-10-6-12-13(17(22)21-16(12)14(19)7-10)5-9-8-20-15-4-2-1-3-11(9)15/h1-8,20H,(H,21,22)/b13-5-. The van der Waals surface area contributed by atoms with E-state index in [1.807, 2.05) is 24.3 Å². The van der Waals surface area contributed by atoms with Crippen LogP contribution >= 0.6 is 0 Å². The number of amides is 1. The molecule has 1 aromatic heterocycles. The minimum atomic E-state index is -0.773. The molecule has 2 heterocycles. The van der Waals surface area contributed by atoms with Crippen LogP contribution in [0.15, 0.2) is 42.6 Å². The Kier molecular flexibility index (Phi) is 2.63. The topological polar surface area (TPSA) is 44.9 Å². The van der Waals surface area contributed by atoms with E-state index in [0.717, 1.165) is 28.6 Å². The number of rotatable bonds is 1. The molecule has 0 saturated carbocycles. The Labute approximate surface area is 124 Å². The molecule has 108 valence electrons. The largest absolute Gasteiger partial charge is 0.361 e. The summed E-state index contributed by atoms with van der Waals surface area (Å²) in [6.45, 7) is 0. The van der Waals surface area contributed by atoms with Crippen molar-refractivity contribution in [2.75, 3.05) is 5.32 Å². The van der Waals surface area contributed by atoms with Gasteiger partial charge in [0.15, 0.2) is 0 Å². The summed E-state index contributed by atoms with van der Waals surface area (Å²) in [6, 6.07) is 9.54. The lowest BCUT2D eigenvalue weighted by atomic mass is 10.0. The van der Waals surface area contributed by atoms with Gasteiger partial charge >= 0.3 is 0 Å². The van der Waals surface area contributed by atoms with E-state index in [2.05, 4.69) is 10.3 Å². The van der Waals surface area contributed by atoms with Gasteiger partial charge in [-0.25, -0.2) is 8.78 Å². The van der Waals surface area contributed by atoms with Crippen molar-refractivity contribution in [3.63, 3.8) is 0 Å². The van der Waals surface area contributed by atoms with Crippen LogP contribution in [0.4, 0.5) is 14.5 Å². The molecule has 0 aliphatic carbocycles. The second-order valence-corrected chi connectivity index (χ2v) is 5.11. The number of H-pyrrole nitrogens is 1. The SMILES string of the molecule is O=C1Nc2c(F)cc(F)cc2/C1=C/c1c[nH]c2ccccc12. The van der Waals surface area contributed by atoms with Gasteiger partial charge in [-0.05, 0) is 18.2 Å². The molecule has 2 aromatic carbocycles. The van der Waals surface area contributed by atoms with E-state index in [1.165, 1.54) is 0 Å². The molecule has 1 aliphatic rings. The molecule has 5 heteroatoms. The van der Waals surface area contributed by atoms with Crippen molar-refractivity contribution in [2.24, 2.45) is 0 Å². The van der Waals surface area contributed by atoms with Crippen LogP contribution in [0, 0.1) is 11.6 Å². The van der Waals surface area contributed by atoms with E-state index in [9.17, 15) is 13.6 Å². The first-order valence-corrected chi connectivity index (χ1v) is 6.72. The van der Waals surface area contributed by atoms with Gasteiger partial charge in [0.05, 0.1) is 5.69 Å². The average molecular weight is 296 g/mol. The first-order valence-electron chi connectivity index (χ1n) is 6.72. The zero-order valence-corrected chi connectivity index (χ0v) is 11.3. The minimum absolute atomic E-state index is 0.0255. The van der Waals surface area contributed by atoms with Gasteiger partial charge in [-0.15, -0.1) is 0 Å². The highest BCUT2D eigenvalue weighted by Crippen LogP contribution is 2.36. The summed E-state index contributed by atoms with van der Waals surface area (Å²) in [5.41, 5.74) is 2.24. The fourth-order valence-electron chi connectivity index (χ4n) is 2.73. The summed E-state index contributed by atoms with van der Waals surface area (Å²) < 4.78 is 27.2. The Morgan fingerprint density at radius 3 is 2.77 bits per heavy atom. The summed E-state index contributed by atoms with van der Waals surface area (Å²) in [5.74, 6) is -1.92. The molecule has 0 bridgehead atoms. The molecule has 1 aliphatic heterocycles. The molecule has 2 N–H and O–H groups in total. The van der Waals surface area contributed by atoms with Gasteiger partial charge < -0.3 is 10.3 Å². The Balaban J connectivity index is 1.92. The quantitative estimate of drug-likeness (QED) is 0.656. The predicted molar refractivity (Wildman–Crippen MR) is 81.2 cm³/mol. The molecule has 3 nitrogen and oxygen atoms in total. The first kappa shape index (κ1) is 12.8. The lowest BCUT2D eigenvalue weighted by Crippen LogP contribution is -2.04. The van der Waals surface area contributed by atoms with E-state index in [1.54, 1.807) is 12.3 Å². The Bertz CT molecular complexity index is 956. The third-order valence-electron chi connectivity index (χ3n) is 3.75. The molecule has 3 aromatic rings. The van der Waals surface area contributed by atoms with E-state index in [4.69, 9.17) is 0 Å². The fourth-order valence-corrected chi connectivity index (χ4v) is 2.73. The lowest BCUT2D eigenvalue weighted by Gasteiger charge is -2.00. The Hall–Kier alpha value is -2.95. The van der Waals surface area contributed by atoms with E-state index in [0.29, 0.717) is 0 Å². The van der Waals surface area contributed by atoms with Crippen LogP contribution in [-0.4, -0.2) is 10.9 Å². The second kappa shape index (κ2) is 4.53. The van der Waals surface area contributed by atoms with Crippen LogP contribution in [0.3, 0.4) is 0 Å². The molecule has 4 rings (SSSR count). The highest BCUT2D eigenvalue weighted by atomic mass is 19.1. The third-order valence-corrected chi connectivity index (χ3v) is 3.75. The number of carbonyl (C=O) groups is 1. The van der Waals surface area contributed by atoms with Gasteiger partial charge in [0.1, 0.15) is 11.6 Å². The summed E-state index contributed by atoms with van der Waals surface area (Å²) in [7, 11) is 0. The van der Waals surface area contributed by atoms with Gasteiger partial charge in [0.2, 0.25) is 0 Å². The Morgan fingerprint density at radius 1 is 1.09 bits per heavy atom. The molecular weight excluding hydrogens is 286 g/mol. The molecule has 0 fully saturated rings. The number of benzene rings is 2. The number of halogens is 2. The van der Waals surface area contributed by atoms with Crippen LogP contribution < -0.4 is 5.32 Å². The number of hydrogen-bond donors (Lipinski definition) is 2. The van der Waals surface area contributed by atoms with Gasteiger partial charge in [-0.3, -0.25) is 4.79 Å². The van der Waals surface area contributed by atoms with E-state index in [-0.39, 0.29) is 16.8 Å². The molecule has 22 heavy (non-hydrogen) atoms.